The molecular weight excluding hydrogens is 414 g/mol. The van der Waals surface area contributed by atoms with E-state index in [1.165, 1.54) is 30.2 Å². The van der Waals surface area contributed by atoms with Gasteiger partial charge in [0.25, 0.3) is 0 Å². The zero-order chi connectivity index (χ0) is 24.4. The van der Waals surface area contributed by atoms with E-state index in [1.54, 1.807) is 13.3 Å². The lowest BCUT2D eigenvalue weighted by molar-refractivity contribution is -0.126. The van der Waals surface area contributed by atoms with Gasteiger partial charge in [0.1, 0.15) is 12.0 Å². The Morgan fingerprint density at radius 3 is 2.61 bits per heavy atom. The van der Waals surface area contributed by atoms with Crippen molar-refractivity contribution in [3.63, 3.8) is 0 Å². The monoisotopic (exact) mass is 455 g/mol. The highest BCUT2D eigenvalue weighted by Gasteiger charge is 2.47. The number of nitrogens with one attached hydrogen (secondary N) is 1. The molecule has 6 nitrogen and oxygen atoms in total. The summed E-state index contributed by atoms with van der Waals surface area (Å²) in [6, 6.07) is 6.47. The summed E-state index contributed by atoms with van der Waals surface area (Å²) >= 11 is 0. The number of rotatable bonds is 7. The fourth-order valence-corrected chi connectivity index (χ4v) is 4.52. The number of benzene rings is 1. The van der Waals surface area contributed by atoms with Crippen molar-refractivity contribution in [1.29, 1.82) is 0 Å². The maximum atomic E-state index is 12.1. The number of hydrogen-bond acceptors (Lipinski definition) is 5. The van der Waals surface area contributed by atoms with Crippen LogP contribution in [-0.2, 0) is 11.2 Å². The predicted molar refractivity (Wildman–Crippen MR) is 137 cm³/mol. The molecule has 1 saturated carbocycles. The molecule has 2 fully saturated rings. The molecule has 1 aliphatic carbocycles. The number of aryl methyl sites for hydroxylation is 1. The number of aliphatic hydroxyl groups is 1. The van der Waals surface area contributed by atoms with Gasteiger partial charge in [-0.2, -0.15) is 0 Å². The van der Waals surface area contributed by atoms with Crippen LogP contribution in [0.4, 0.5) is 0 Å². The second-order valence-electron chi connectivity index (χ2n) is 8.65. The summed E-state index contributed by atoms with van der Waals surface area (Å²) in [4.78, 5) is 16.7. The van der Waals surface area contributed by atoms with Crippen molar-refractivity contribution < 1.29 is 16.1 Å². The Morgan fingerprint density at radius 1 is 1.42 bits per heavy atom. The second kappa shape index (κ2) is 12.4. The smallest absolute Gasteiger partial charge is 0.232 e. The zero-order valence-corrected chi connectivity index (χ0v) is 20.5. The highest BCUT2D eigenvalue weighted by molar-refractivity contribution is 5.97. The normalized spacial score (nSPS) is 23.1. The summed E-state index contributed by atoms with van der Waals surface area (Å²) in [5.41, 5.74) is 12.2. The van der Waals surface area contributed by atoms with E-state index in [0.717, 1.165) is 36.2 Å². The summed E-state index contributed by atoms with van der Waals surface area (Å²) in [6.07, 6.45) is 9.07. The van der Waals surface area contributed by atoms with Crippen molar-refractivity contribution in [3.8, 4) is 5.75 Å². The molecule has 0 bridgehead atoms. The van der Waals surface area contributed by atoms with E-state index < -0.39 is 11.6 Å². The fraction of sp³-hybridized carbons (Fsp3) is 0.519. The van der Waals surface area contributed by atoms with Crippen LogP contribution < -0.4 is 15.8 Å². The number of nitrogens with zero attached hydrogens (tertiary/aromatic N) is 1. The van der Waals surface area contributed by atoms with E-state index in [9.17, 15) is 9.90 Å². The minimum Gasteiger partial charge on any atom is -0.497 e. The van der Waals surface area contributed by atoms with E-state index in [2.05, 4.69) is 35.6 Å². The predicted octanol–water partition coefficient (Wildman–Crippen LogP) is 4.77. The Kier molecular flexibility index (Phi) is 9.95. The SMILES string of the molecule is C=C=C(C)c1cc(OC)ccc1CC.CC[C@@]1(/C(C=NC2CCCC2)=C/N)CC(O)NC1=O.[HH]. The van der Waals surface area contributed by atoms with Crippen molar-refractivity contribution in [1.82, 2.24) is 5.32 Å². The van der Waals surface area contributed by atoms with E-state index in [4.69, 9.17) is 10.5 Å². The van der Waals surface area contributed by atoms with Gasteiger partial charge in [0.05, 0.1) is 12.5 Å². The average molecular weight is 456 g/mol. The number of ether oxygens (including phenoxy) is 1. The number of carbonyl (C=O) groups excluding carboxylic acids is 1. The topological polar surface area (TPSA) is 96.9 Å². The van der Waals surface area contributed by atoms with Crippen molar-refractivity contribution in [3.05, 3.63) is 53.4 Å². The Bertz CT molecular complexity index is 931. The highest BCUT2D eigenvalue weighted by atomic mass is 16.5. The van der Waals surface area contributed by atoms with Gasteiger partial charge in [-0.25, -0.2) is 0 Å². The molecule has 0 radical (unpaired) electrons. The third-order valence-corrected chi connectivity index (χ3v) is 6.73. The maximum absolute atomic E-state index is 12.1. The Morgan fingerprint density at radius 2 is 2.12 bits per heavy atom. The molecule has 0 spiro atoms. The molecule has 1 aromatic rings. The third-order valence-electron chi connectivity index (χ3n) is 6.73. The number of hydrogen-bond donors (Lipinski definition) is 3. The molecule has 33 heavy (non-hydrogen) atoms. The van der Waals surface area contributed by atoms with Gasteiger partial charge in [0, 0.05) is 25.7 Å². The summed E-state index contributed by atoms with van der Waals surface area (Å²) in [5.74, 6) is 0.726. The van der Waals surface area contributed by atoms with Gasteiger partial charge >= 0.3 is 0 Å². The van der Waals surface area contributed by atoms with E-state index >= 15 is 0 Å². The Hall–Kier alpha value is -2.82. The van der Waals surface area contributed by atoms with Gasteiger partial charge in [-0.05, 0) is 67.6 Å². The maximum Gasteiger partial charge on any atom is 0.232 e. The van der Waals surface area contributed by atoms with Gasteiger partial charge in [-0.1, -0.05) is 39.3 Å². The molecule has 1 aliphatic heterocycles. The molecule has 1 aromatic carbocycles. The molecule has 182 valence electrons. The minimum absolute atomic E-state index is 0. The van der Waals surface area contributed by atoms with Crippen LogP contribution in [0.2, 0.25) is 0 Å². The van der Waals surface area contributed by atoms with Crippen molar-refractivity contribution in [2.45, 2.75) is 78.0 Å². The molecule has 3 rings (SSSR count). The van der Waals surface area contributed by atoms with Crippen LogP contribution in [0.25, 0.3) is 5.57 Å². The highest BCUT2D eigenvalue weighted by Crippen LogP contribution is 2.39. The summed E-state index contributed by atoms with van der Waals surface area (Å²) in [7, 11) is 1.68. The van der Waals surface area contributed by atoms with Crippen LogP contribution in [-0.4, -0.2) is 36.6 Å². The summed E-state index contributed by atoms with van der Waals surface area (Å²) < 4.78 is 5.19. The zero-order valence-electron chi connectivity index (χ0n) is 20.5. The first-order valence-corrected chi connectivity index (χ1v) is 11.8. The van der Waals surface area contributed by atoms with E-state index in [-0.39, 0.29) is 7.33 Å². The molecule has 0 aromatic heterocycles. The van der Waals surface area contributed by atoms with Crippen molar-refractivity contribution >= 4 is 17.7 Å². The second-order valence-corrected chi connectivity index (χ2v) is 8.65. The van der Waals surface area contributed by atoms with E-state index in [0.29, 0.717) is 18.9 Å². The standard InChI is InChI=1S/C14H23N3O2.C13H16O.H2/c1-2-14(7-12(18)17-13(14)19)10(8-15)9-16-11-5-3-4-6-11;1-5-10(3)13-9-12(14-4)8-7-11(13)6-2;/h8-9,11-12,18H,2-7,15H2,1H3,(H,17,19);7-9H,1,6H2,2-4H3;1H/b10-8+,16-9?;;/t12?,14-;;/m0../s1. The van der Waals surface area contributed by atoms with E-state index in [1.807, 2.05) is 26.0 Å². The molecular formula is C27H41N3O3. The first kappa shape index (κ1) is 26.4. The number of allylic oxidation sites excluding steroid dienone is 1. The van der Waals surface area contributed by atoms with Crippen LogP contribution in [0.5, 0.6) is 5.75 Å². The van der Waals surface area contributed by atoms with Gasteiger partial charge in [0.2, 0.25) is 5.91 Å². The molecule has 2 atom stereocenters. The number of carbonyl (C=O) groups is 1. The third kappa shape index (κ3) is 6.37. The fourth-order valence-electron chi connectivity index (χ4n) is 4.52. The molecule has 1 amide bonds. The number of methoxy groups -OCH3 is 1. The first-order chi connectivity index (χ1) is 15.8. The lowest BCUT2D eigenvalue weighted by Crippen LogP contribution is -2.34. The van der Waals surface area contributed by atoms with Crippen LogP contribution in [0.15, 0.2) is 47.3 Å². The molecule has 1 saturated heterocycles. The quantitative estimate of drug-likeness (QED) is 0.407. The van der Waals surface area contributed by atoms with Crippen LogP contribution in [0.3, 0.4) is 0 Å². The lowest BCUT2D eigenvalue weighted by atomic mass is 9.76. The number of aliphatic hydroxyl groups excluding tert-OH is 1. The van der Waals surface area contributed by atoms with Crippen LogP contribution in [0, 0.1) is 5.41 Å². The number of aliphatic imine (C=N–C) groups is 1. The van der Waals surface area contributed by atoms with Gasteiger partial charge < -0.3 is 20.9 Å². The van der Waals surface area contributed by atoms with Gasteiger partial charge in [-0.3, -0.25) is 9.79 Å². The molecule has 4 N–H and O–H groups in total. The molecule has 1 heterocycles. The van der Waals surface area contributed by atoms with Crippen LogP contribution in [0.1, 0.15) is 71.8 Å². The molecule has 2 aliphatic rings. The molecule has 6 heteroatoms. The largest absolute Gasteiger partial charge is 0.497 e. The Labute approximate surface area is 199 Å². The van der Waals surface area contributed by atoms with Gasteiger partial charge in [-0.15, -0.1) is 5.73 Å². The van der Waals surface area contributed by atoms with Crippen molar-refractivity contribution in [2.24, 2.45) is 16.1 Å². The summed E-state index contributed by atoms with van der Waals surface area (Å²) in [6.45, 7) is 9.76. The lowest BCUT2D eigenvalue weighted by Gasteiger charge is -2.25. The van der Waals surface area contributed by atoms with Crippen molar-refractivity contribution in [2.75, 3.05) is 7.11 Å². The minimum atomic E-state index is -0.790. The van der Waals surface area contributed by atoms with Crippen LogP contribution >= 0.6 is 0 Å². The Balaban J connectivity index is 0.000000346. The molecule has 1 unspecified atom stereocenters. The number of amides is 1. The first-order valence-electron chi connectivity index (χ1n) is 11.8. The summed E-state index contributed by atoms with van der Waals surface area (Å²) in [5, 5.41) is 12.2. The average Bonchev–Trinajstić information content (AvgIpc) is 3.46. The van der Waals surface area contributed by atoms with Gasteiger partial charge in [0.15, 0.2) is 0 Å². The number of nitrogens with two attached hydrogens (primary N) is 1.